The maximum Gasteiger partial charge on any atom is 0.258 e. The van der Waals surface area contributed by atoms with Crippen molar-refractivity contribution in [3.05, 3.63) is 101 Å². The molecule has 242 valence electrons. The minimum absolute atomic E-state index is 0.0691. The van der Waals surface area contributed by atoms with Crippen LogP contribution in [0.2, 0.25) is 0 Å². The lowest BCUT2D eigenvalue weighted by Gasteiger charge is -2.10. The van der Waals surface area contributed by atoms with Crippen molar-refractivity contribution in [2.75, 3.05) is 10.6 Å². The highest BCUT2D eigenvalue weighted by atomic mass is 16.2. The minimum Gasteiger partial charge on any atom is -0.290 e. The molecular formula is C39H49N5O2. The minimum atomic E-state index is -0.324. The van der Waals surface area contributed by atoms with Gasteiger partial charge in [0.2, 0.25) is 11.9 Å². The van der Waals surface area contributed by atoms with Gasteiger partial charge in [-0.05, 0) is 61.1 Å². The predicted molar refractivity (Wildman–Crippen MR) is 188 cm³/mol. The number of hydrogen-bond donors (Lipinski definition) is 2. The molecule has 0 aliphatic carbocycles. The summed E-state index contributed by atoms with van der Waals surface area (Å²) in [5, 5.41) is 5.61. The highest BCUT2D eigenvalue weighted by Gasteiger charge is 2.15. The fourth-order valence-electron chi connectivity index (χ4n) is 5.42. The molecule has 1 heterocycles. The molecule has 0 fully saturated rings. The molecule has 0 saturated heterocycles. The van der Waals surface area contributed by atoms with Gasteiger partial charge in [-0.2, -0.15) is 15.0 Å². The summed E-state index contributed by atoms with van der Waals surface area (Å²) in [6.45, 7) is 4.46. The summed E-state index contributed by atoms with van der Waals surface area (Å²) in [5.41, 5.74) is 4.21. The molecule has 7 nitrogen and oxygen atoms in total. The number of carbonyl (C=O) groups excluding carboxylic acids is 2. The Morgan fingerprint density at radius 3 is 1.35 bits per heavy atom. The van der Waals surface area contributed by atoms with Crippen LogP contribution >= 0.6 is 0 Å². The number of hydrogen-bond acceptors (Lipinski definition) is 5. The van der Waals surface area contributed by atoms with Gasteiger partial charge in [-0.1, -0.05) is 133 Å². The van der Waals surface area contributed by atoms with E-state index >= 15 is 0 Å². The number of unbranched alkanes of at least 4 members (excludes halogenated alkanes) is 10. The van der Waals surface area contributed by atoms with Crippen LogP contribution in [0, 0.1) is 0 Å². The van der Waals surface area contributed by atoms with Crippen molar-refractivity contribution in [2.45, 2.75) is 104 Å². The van der Waals surface area contributed by atoms with Gasteiger partial charge in [-0.25, -0.2) is 0 Å². The molecule has 0 radical (unpaired) electrons. The van der Waals surface area contributed by atoms with Crippen molar-refractivity contribution < 1.29 is 9.59 Å². The molecule has 0 spiro atoms. The Bertz CT molecular complexity index is 1400. The zero-order valence-corrected chi connectivity index (χ0v) is 27.6. The fourth-order valence-corrected chi connectivity index (χ4v) is 5.42. The fraction of sp³-hybridized carbons (Fsp3) is 0.410. The van der Waals surface area contributed by atoms with Crippen molar-refractivity contribution in [3.8, 4) is 11.4 Å². The van der Waals surface area contributed by atoms with E-state index in [1.807, 2.05) is 78.9 Å². The van der Waals surface area contributed by atoms with E-state index < -0.39 is 0 Å². The van der Waals surface area contributed by atoms with Gasteiger partial charge < -0.3 is 0 Å². The van der Waals surface area contributed by atoms with Crippen LogP contribution in [0.25, 0.3) is 11.4 Å². The van der Waals surface area contributed by atoms with Gasteiger partial charge in [0.25, 0.3) is 11.8 Å². The molecule has 2 N–H and O–H groups in total. The molecule has 0 aliphatic rings. The van der Waals surface area contributed by atoms with Gasteiger partial charge in [0.15, 0.2) is 5.82 Å². The van der Waals surface area contributed by atoms with Crippen molar-refractivity contribution in [3.63, 3.8) is 0 Å². The summed E-state index contributed by atoms with van der Waals surface area (Å²) in [5.74, 6) is -0.159. The van der Waals surface area contributed by atoms with Gasteiger partial charge in [0.05, 0.1) is 0 Å². The Kier molecular flexibility index (Phi) is 14.4. The number of aromatic nitrogens is 3. The molecule has 1 aromatic heterocycles. The summed E-state index contributed by atoms with van der Waals surface area (Å²) in [6, 6.07) is 24.8. The van der Waals surface area contributed by atoms with E-state index in [1.54, 1.807) is 0 Å². The first-order chi connectivity index (χ1) is 22.6. The second kappa shape index (κ2) is 19.2. The molecule has 7 heteroatoms. The van der Waals surface area contributed by atoms with E-state index in [4.69, 9.17) is 0 Å². The number of amides is 2. The summed E-state index contributed by atoms with van der Waals surface area (Å²) in [4.78, 5) is 39.7. The van der Waals surface area contributed by atoms with E-state index in [1.165, 1.54) is 75.3 Å². The Balaban J connectivity index is 1.39. The molecule has 4 rings (SSSR count). The topological polar surface area (TPSA) is 96.9 Å². The molecule has 46 heavy (non-hydrogen) atoms. The Labute approximate surface area is 274 Å². The number of benzene rings is 3. The van der Waals surface area contributed by atoms with Gasteiger partial charge in [-0.3, -0.25) is 20.2 Å². The second-order valence-electron chi connectivity index (χ2n) is 12.0. The monoisotopic (exact) mass is 619 g/mol. The lowest BCUT2D eigenvalue weighted by Crippen LogP contribution is -2.18. The maximum atomic E-state index is 13.2. The van der Waals surface area contributed by atoms with E-state index in [2.05, 4.69) is 39.4 Å². The zero-order valence-electron chi connectivity index (χ0n) is 27.6. The lowest BCUT2D eigenvalue weighted by molar-refractivity contribution is 0.101. The maximum absolute atomic E-state index is 13.2. The summed E-state index contributed by atoms with van der Waals surface area (Å²) in [6.07, 6.45) is 17.1. The average Bonchev–Trinajstić information content (AvgIpc) is 3.08. The SMILES string of the molecule is CCCCCCCCc1ccc(C(=O)Nc2nc(NC(=O)c3ccc(CCCCCCCC)cc3)nc(-c3ccccc3)n2)cc1. The molecule has 0 bridgehead atoms. The standard InChI is InChI=1S/C39H49N5O2/c1-3-5-7-9-11-14-18-30-22-26-33(27-23-30)36(45)42-38-40-35(32-20-16-13-17-21-32)41-39(44-38)43-37(46)34-28-24-31(25-29-34)19-15-12-10-8-6-4-2/h13,16-17,20-29H,3-12,14-15,18-19H2,1-2H3,(H2,40,41,42,43,44,45,46). The lowest BCUT2D eigenvalue weighted by atomic mass is 10.0. The van der Waals surface area contributed by atoms with Crippen LogP contribution in [-0.2, 0) is 12.8 Å². The van der Waals surface area contributed by atoms with Crippen LogP contribution in [0.3, 0.4) is 0 Å². The Morgan fingerprint density at radius 2 is 0.913 bits per heavy atom. The highest BCUT2D eigenvalue weighted by Crippen LogP contribution is 2.20. The first-order valence-electron chi connectivity index (χ1n) is 17.2. The van der Waals surface area contributed by atoms with E-state index in [0.717, 1.165) is 31.2 Å². The average molecular weight is 620 g/mol. The molecule has 2 amide bonds. The third kappa shape index (κ3) is 11.5. The second-order valence-corrected chi connectivity index (χ2v) is 12.0. The van der Waals surface area contributed by atoms with Crippen LogP contribution in [-0.4, -0.2) is 26.8 Å². The van der Waals surface area contributed by atoms with Crippen molar-refractivity contribution in [1.29, 1.82) is 0 Å². The van der Waals surface area contributed by atoms with E-state index in [0.29, 0.717) is 17.0 Å². The Hall–Kier alpha value is -4.39. The third-order valence-corrected chi connectivity index (χ3v) is 8.19. The third-order valence-electron chi connectivity index (χ3n) is 8.19. The summed E-state index contributed by atoms with van der Waals surface area (Å²) < 4.78 is 0. The van der Waals surface area contributed by atoms with Gasteiger partial charge in [0, 0.05) is 16.7 Å². The van der Waals surface area contributed by atoms with Crippen LogP contribution in [0.15, 0.2) is 78.9 Å². The Morgan fingerprint density at radius 1 is 0.500 bits per heavy atom. The predicted octanol–water partition coefficient (Wildman–Crippen LogP) is 9.85. The van der Waals surface area contributed by atoms with Gasteiger partial charge in [0.1, 0.15) is 0 Å². The highest BCUT2D eigenvalue weighted by molar-refractivity contribution is 6.04. The number of rotatable bonds is 19. The summed E-state index contributed by atoms with van der Waals surface area (Å²) in [7, 11) is 0. The number of nitrogens with one attached hydrogen (secondary N) is 2. The van der Waals surface area contributed by atoms with Gasteiger partial charge in [-0.15, -0.1) is 0 Å². The molecule has 0 atom stereocenters. The van der Waals surface area contributed by atoms with Crippen LogP contribution < -0.4 is 10.6 Å². The van der Waals surface area contributed by atoms with Crippen LogP contribution in [0.1, 0.15) is 123 Å². The zero-order chi connectivity index (χ0) is 32.4. The quantitative estimate of drug-likeness (QED) is 0.102. The van der Waals surface area contributed by atoms with E-state index in [9.17, 15) is 9.59 Å². The normalized spacial score (nSPS) is 10.9. The molecule has 0 aliphatic heterocycles. The molecule has 4 aromatic rings. The van der Waals surface area contributed by atoms with Crippen molar-refractivity contribution in [1.82, 2.24) is 15.0 Å². The number of anilines is 2. The molecule has 0 saturated carbocycles. The summed E-state index contributed by atoms with van der Waals surface area (Å²) >= 11 is 0. The largest absolute Gasteiger partial charge is 0.290 e. The number of aryl methyl sites for hydroxylation is 2. The van der Waals surface area contributed by atoms with Crippen molar-refractivity contribution >= 4 is 23.7 Å². The van der Waals surface area contributed by atoms with E-state index in [-0.39, 0.29) is 23.7 Å². The first-order valence-corrected chi connectivity index (χ1v) is 17.2. The van der Waals surface area contributed by atoms with Crippen molar-refractivity contribution in [2.24, 2.45) is 0 Å². The molecular weight excluding hydrogens is 570 g/mol. The smallest absolute Gasteiger partial charge is 0.258 e. The number of carbonyl (C=O) groups is 2. The van der Waals surface area contributed by atoms with Crippen LogP contribution in [0.5, 0.6) is 0 Å². The van der Waals surface area contributed by atoms with Crippen LogP contribution in [0.4, 0.5) is 11.9 Å². The molecule has 0 unspecified atom stereocenters. The van der Waals surface area contributed by atoms with Gasteiger partial charge >= 0.3 is 0 Å². The molecule has 3 aromatic carbocycles. The first kappa shape index (κ1) is 34.5. The number of nitrogens with zero attached hydrogens (tertiary/aromatic N) is 3.